The maximum atomic E-state index is 2.64. The van der Waals surface area contributed by atoms with E-state index >= 15 is 0 Å². The smallest absolute Gasteiger partial charge is 0.108 e. The van der Waals surface area contributed by atoms with Crippen molar-refractivity contribution >= 4 is 44.6 Å². The summed E-state index contributed by atoms with van der Waals surface area (Å²) in [5, 5.41) is 2.59. The van der Waals surface area contributed by atoms with E-state index in [4.69, 9.17) is 0 Å². The highest BCUT2D eigenvalue weighted by atomic mass is 15.4. The first kappa shape index (κ1) is 28.0. The summed E-state index contributed by atoms with van der Waals surface area (Å²) in [5.74, 6) is 0. The molecule has 3 heteroatoms. The van der Waals surface area contributed by atoms with E-state index in [9.17, 15) is 0 Å². The summed E-state index contributed by atoms with van der Waals surface area (Å²) in [4.78, 5) is 5.22. The summed E-state index contributed by atoms with van der Waals surface area (Å²) < 4.78 is 2.56. The van der Waals surface area contributed by atoms with E-state index < -0.39 is 0 Å². The molecule has 6 aromatic carbocycles. The van der Waals surface area contributed by atoms with Crippen LogP contribution in [0, 0.1) is 27.7 Å². The van der Waals surface area contributed by atoms with Crippen LogP contribution in [0.15, 0.2) is 109 Å². The summed E-state index contributed by atoms with van der Waals surface area (Å²) in [6.45, 7) is 13.7. The monoisotopic (exact) mass is 609 g/mol. The largest absolute Gasteiger partial charge is 0.318 e. The molecule has 230 valence electrons. The highest BCUT2D eigenvalue weighted by molar-refractivity contribution is 6.16. The zero-order valence-corrected chi connectivity index (χ0v) is 28.0. The lowest BCUT2D eigenvalue weighted by atomic mass is 9.88. The fourth-order valence-electron chi connectivity index (χ4n) is 8.67. The number of nitrogens with zero attached hydrogens (tertiary/aromatic N) is 3. The number of aromatic nitrogens is 1. The molecule has 3 heterocycles. The molecule has 0 unspecified atom stereocenters. The van der Waals surface area contributed by atoms with Crippen molar-refractivity contribution in [3.8, 4) is 27.9 Å². The standard InChI is InChI=1S/C44H39N3/c1-7-31-15-10-20-37(29(31)5)45-30(6)46-42-28(4)14-9-21-39(42)47-38-24-23-26(2)25-36(38)34-18-11-17-33(43(34)47)32-16-8-13-27(3)41(32)35-19-12-22-40(45)44(35)46/h8-25,30H,7H2,1-6H3/t30-/m1/s1. The highest BCUT2D eigenvalue weighted by Gasteiger charge is 2.40. The van der Waals surface area contributed by atoms with Crippen molar-refractivity contribution in [3.63, 3.8) is 0 Å². The van der Waals surface area contributed by atoms with Crippen molar-refractivity contribution in [2.45, 2.75) is 54.1 Å². The maximum absolute atomic E-state index is 2.64. The topological polar surface area (TPSA) is 11.4 Å². The molecule has 0 spiro atoms. The van der Waals surface area contributed by atoms with Crippen LogP contribution >= 0.6 is 0 Å². The van der Waals surface area contributed by atoms with Crippen molar-refractivity contribution in [2.75, 3.05) is 9.80 Å². The molecular formula is C44H39N3. The molecule has 0 amide bonds. The first-order chi connectivity index (χ1) is 22.9. The Morgan fingerprint density at radius 2 is 1.26 bits per heavy atom. The van der Waals surface area contributed by atoms with Crippen molar-refractivity contribution in [1.29, 1.82) is 0 Å². The second-order valence-corrected chi connectivity index (χ2v) is 13.5. The molecule has 0 saturated heterocycles. The van der Waals surface area contributed by atoms with Crippen LogP contribution in [0.4, 0.5) is 22.7 Å². The second kappa shape index (κ2) is 10.1. The van der Waals surface area contributed by atoms with E-state index in [2.05, 4.69) is 165 Å². The minimum absolute atomic E-state index is 0.0403. The summed E-state index contributed by atoms with van der Waals surface area (Å²) in [5.41, 5.74) is 20.5. The Morgan fingerprint density at radius 1 is 0.574 bits per heavy atom. The molecule has 0 saturated carbocycles. The number of hydrogen-bond donors (Lipinski definition) is 0. The van der Waals surface area contributed by atoms with Crippen LogP contribution in [0.5, 0.6) is 0 Å². The Balaban J connectivity index is 1.50. The predicted octanol–water partition coefficient (Wildman–Crippen LogP) is 11.9. The van der Waals surface area contributed by atoms with Crippen LogP contribution in [-0.2, 0) is 6.42 Å². The molecule has 0 aliphatic carbocycles. The van der Waals surface area contributed by atoms with Gasteiger partial charge in [0.1, 0.15) is 6.17 Å². The van der Waals surface area contributed by atoms with Gasteiger partial charge in [-0.3, -0.25) is 0 Å². The highest BCUT2D eigenvalue weighted by Crippen LogP contribution is 2.57. The van der Waals surface area contributed by atoms with Crippen LogP contribution < -0.4 is 9.80 Å². The third kappa shape index (κ3) is 3.74. The van der Waals surface area contributed by atoms with Gasteiger partial charge in [-0.05, 0) is 105 Å². The van der Waals surface area contributed by atoms with Gasteiger partial charge in [0.05, 0.1) is 33.8 Å². The van der Waals surface area contributed by atoms with E-state index in [1.165, 1.54) is 100 Å². The minimum atomic E-state index is 0.0403. The summed E-state index contributed by atoms with van der Waals surface area (Å²) in [7, 11) is 0. The Hall–Kier alpha value is -5.28. The van der Waals surface area contributed by atoms with Crippen LogP contribution in [-0.4, -0.2) is 10.7 Å². The summed E-state index contributed by atoms with van der Waals surface area (Å²) >= 11 is 0. The van der Waals surface area contributed by atoms with Gasteiger partial charge in [0.25, 0.3) is 0 Å². The fraction of sp³-hybridized carbons (Fsp3) is 0.182. The molecule has 1 atom stereocenters. The maximum Gasteiger partial charge on any atom is 0.108 e. The van der Waals surface area contributed by atoms with E-state index in [1.807, 2.05) is 0 Å². The minimum Gasteiger partial charge on any atom is -0.318 e. The predicted molar refractivity (Wildman–Crippen MR) is 200 cm³/mol. The fourth-order valence-corrected chi connectivity index (χ4v) is 8.67. The molecule has 2 aliphatic rings. The number of anilines is 4. The van der Waals surface area contributed by atoms with Gasteiger partial charge in [-0.1, -0.05) is 91.3 Å². The number of hydrogen-bond acceptors (Lipinski definition) is 2. The molecule has 2 aliphatic heterocycles. The van der Waals surface area contributed by atoms with Gasteiger partial charge < -0.3 is 14.4 Å². The lowest BCUT2D eigenvalue weighted by molar-refractivity contribution is 0.755. The van der Waals surface area contributed by atoms with Crippen LogP contribution in [0.2, 0.25) is 0 Å². The summed E-state index contributed by atoms with van der Waals surface area (Å²) in [6.07, 6.45) is 1.06. The van der Waals surface area contributed by atoms with Crippen molar-refractivity contribution in [2.24, 2.45) is 0 Å². The molecule has 0 bridgehead atoms. The van der Waals surface area contributed by atoms with Crippen molar-refractivity contribution in [1.82, 2.24) is 4.57 Å². The van der Waals surface area contributed by atoms with Gasteiger partial charge in [-0.2, -0.15) is 0 Å². The van der Waals surface area contributed by atoms with E-state index in [1.54, 1.807) is 0 Å². The zero-order chi connectivity index (χ0) is 32.1. The van der Waals surface area contributed by atoms with Gasteiger partial charge in [0, 0.05) is 27.6 Å². The Labute approximate surface area is 277 Å². The molecule has 47 heavy (non-hydrogen) atoms. The van der Waals surface area contributed by atoms with E-state index in [-0.39, 0.29) is 6.17 Å². The normalized spacial score (nSPS) is 14.8. The van der Waals surface area contributed by atoms with Gasteiger partial charge in [0.2, 0.25) is 0 Å². The number of benzene rings is 6. The van der Waals surface area contributed by atoms with Crippen molar-refractivity contribution in [3.05, 3.63) is 137 Å². The molecule has 0 fully saturated rings. The van der Waals surface area contributed by atoms with Crippen LogP contribution in [0.1, 0.15) is 41.7 Å². The third-order valence-corrected chi connectivity index (χ3v) is 10.8. The first-order valence-electron chi connectivity index (χ1n) is 16.9. The van der Waals surface area contributed by atoms with E-state index in [0.29, 0.717) is 0 Å². The Morgan fingerprint density at radius 3 is 2.11 bits per heavy atom. The van der Waals surface area contributed by atoms with Gasteiger partial charge in [-0.25, -0.2) is 0 Å². The van der Waals surface area contributed by atoms with Crippen molar-refractivity contribution < 1.29 is 0 Å². The Bertz CT molecular complexity index is 2430. The zero-order valence-electron chi connectivity index (χ0n) is 28.0. The van der Waals surface area contributed by atoms with Crippen LogP contribution in [0.3, 0.4) is 0 Å². The second-order valence-electron chi connectivity index (χ2n) is 13.5. The number of fused-ring (bicyclic) bond motifs is 9. The quantitative estimate of drug-likeness (QED) is 0.193. The molecule has 0 radical (unpaired) electrons. The molecule has 0 N–H and O–H groups in total. The average molecular weight is 610 g/mol. The molecule has 7 aromatic rings. The third-order valence-electron chi connectivity index (χ3n) is 10.8. The van der Waals surface area contributed by atoms with Gasteiger partial charge >= 0.3 is 0 Å². The van der Waals surface area contributed by atoms with Gasteiger partial charge in [0.15, 0.2) is 0 Å². The lowest BCUT2D eigenvalue weighted by Crippen LogP contribution is -2.36. The molecule has 1 aromatic heterocycles. The summed E-state index contributed by atoms with van der Waals surface area (Å²) in [6, 6.07) is 41.2. The number of rotatable bonds is 2. The van der Waals surface area contributed by atoms with E-state index in [0.717, 1.165) is 6.42 Å². The average Bonchev–Trinajstić information content (AvgIpc) is 3.55. The lowest BCUT2D eigenvalue weighted by Gasteiger charge is -2.34. The molecule has 9 rings (SSSR count). The molecule has 3 nitrogen and oxygen atoms in total. The van der Waals surface area contributed by atoms with Gasteiger partial charge in [-0.15, -0.1) is 0 Å². The first-order valence-corrected chi connectivity index (χ1v) is 16.9. The molecular weight excluding hydrogens is 571 g/mol. The number of para-hydroxylation sites is 3. The SMILES string of the molecule is CCc1cccc(N2c3cccc4c3N(c3c(C)cccc3-n3c5ccc(C)cc5c5cccc(c53)-c3cccc(C)c3-4)[C@@H]2C)c1C. The number of aryl methyl sites for hydroxylation is 4. The Kier molecular flexibility index (Phi) is 6.02. The van der Waals surface area contributed by atoms with Crippen LogP contribution in [0.25, 0.3) is 49.7 Å².